The summed E-state index contributed by atoms with van der Waals surface area (Å²) < 4.78 is 16.9. The van der Waals surface area contributed by atoms with E-state index in [4.69, 9.17) is 13.6 Å². The van der Waals surface area contributed by atoms with E-state index >= 15 is 0 Å². The van der Waals surface area contributed by atoms with Gasteiger partial charge in [0.2, 0.25) is 0 Å². The van der Waals surface area contributed by atoms with Crippen LogP contribution in [0.2, 0.25) is 0 Å². The zero-order valence-electron chi connectivity index (χ0n) is 17.1. The highest BCUT2D eigenvalue weighted by Crippen LogP contribution is 2.41. The summed E-state index contributed by atoms with van der Waals surface area (Å²) in [6.07, 6.45) is 2.27. The molecule has 1 saturated heterocycles. The Morgan fingerprint density at radius 1 is 1.19 bits per heavy atom. The molecule has 2 aromatic heterocycles. The number of furan rings is 2. The van der Waals surface area contributed by atoms with Gasteiger partial charge in [0.25, 0.3) is 11.7 Å². The monoisotopic (exact) mass is 419 g/mol. The highest BCUT2D eigenvalue weighted by atomic mass is 16.5. The average Bonchev–Trinajstić information content (AvgIpc) is 3.51. The number of carbonyl (C=O) groups is 2. The van der Waals surface area contributed by atoms with Gasteiger partial charge in [-0.1, -0.05) is 0 Å². The quantitative estimate of drug-likeness (QED) is 0.388. The Kier molecular flexibility index (Phi) is 4.46. The molecule has 0 unspecified atom stereocenters. The number of hydrogen-bond acceptors (Lipinski definition) is 6. The van der Waals surface area contributed by atoms with Crippen molar-refractivity contribution in [3.05, 3.63) is 82.7 Å². The number of benzene rings is 1. The smallest absolute Gasteiger partial charge is 0.296 e. The Balaban J connectivity index is 1.62. The van der Waals surface area contributed by atoms with Crippen molar-refractivity contribution >= 4 is 17.4 Å². The van der Waals surface area contributed by atoms with E-state index in [1.54, 1.807) is 49.4 Å². The van der Waals surface area contributed by atoms with Gasteiger partial charge < -0.3 is 23.6 Å². The molecule has 2 aliphatic rings. The van der Waals surface area contributed by atoms with Crippen molar-refractivity contribution in [3.63, 3.8) is 0 Å². The average molecular weight is 419 g/mol. The van der Waals surface area contributed by atoms with E-state index in [1.807, 2.05) is 6.92 Å². The Bertz CT molecular complexity index is 1200. The van der Waals surface area contributed by atoms with Crippen LogP contribution in [0.5, 0.6) is 5.75 Å². The van der Waals surface area contributed by atoms with Crippen molar-refractivity contribution in [3.8, 4) is 5.75 Å². The number of hydrogen-bond donors (Lipinski definition) is 1. The first kappa shape index (κ1) is 19.2. The van der Waals surface area contributed by atoms with E-state index in [0.717, 1.165) is 11.3 Å². The second-order valence-electron chi connectivity index (χ2n) is 7.91. The lowest BCUT2D eigenvalue weighted by Gasteiger charge is -2.22. The fourth-order valence-electron chi connectivity index (χ4n) is 4.23. The van der Waals surface area contributed by atoms with E-state index in [1.165, 1.54) is 11.2 Å². The molecule has 1 fully saturated rings. The number of aliphatic hydroxyl groups is 1. The third-order valence-corrected chi connectivity index (χ3v) is 5.65. The summed E-state index contributed by atoms with van der Waals surface area (Å²) >= 11 is 0. The van der Waals surface area contributed by atoms with E-state index < -0.39 is 17.7 Å². The molecular formula is C24H21NO6. The molecule has 0 bridgehead atoms. The van der Waals surface area contributed by atoms with Gasteiger partial charge in [-0.05, 0) is 61.9 Å². The van der Waals surface area contributed by atoms with Gasteiger partial charge in [0.15, 0.2) is 0 Å². The second-order valence-corrected chi connectivity index (χ2v) is 7.91. The fourth-order valence-corrected chi connectivity index (χ4v) is 4.23. The summed E-state index contributed by atoms with van der Waals surface area (Å²) in [6.45, 7) is 3.83. The van der Waals surface area contributed by atoms with Crippen LogP contribution in [-0.4, -0.2) is 27.8 Å². The van der Waals surface area contributed by atoms with Crippen LogP contribution < -0.4 is 4.74 Å². The maximum absolute atomic E-state index is 13.0. The summed E-state index contributed by atoms with van der Waals surface area (Å²) in [7, 11) is 0. The molecule has 7 nitrogen and oxygen atoms in total. The van der Waals surface area contributed by atoms with Crippen molar-refractivity contribution in [2.75, 3.05) is 0 Å². The summed E-state index contributed by atoms with van der Waals surface area (Å²) in [5, 5.41) is 11.2. The van der Waals surface area contributed by atoms with Gasteiger partial charge in [0, 0.05) is 12.0 Å². The summed E-state index contributed by atoms with van der Waals surface area (Å²) in [5.74, 6) is 0.634. The number of Topliss-reactive ketones (excluding diaryl/α,β-unsaturated/α-hetero) is 1. The largest absolute Gasteiger partial charge is 0.507 e. The van der Waals surface area contributed by atoms with Crippen LogP contribution in [0, 0.1) is 6.92 Å². The number of amides is 1. The molecule has 7 heteroatoms. The first-order valence-electron chi connectivity index (χ1n) is 10.1. The van der Waals surface area contributed by atoms with E-state index in [2.05, 4.69) is 0 Å². The minimum Gasteiger partial charge on any atom is -0.507 e. The number of aryl methyl sites for hydroxylation is 1. The third kappa shape index (κ3) is 3.22. The normalized spacial score (nSPS) is 22.1. The molecule has 31 heavy (non-hydrogen) atoms. The molecule has 3 aromatic rings. The first-order valence-corrected chi connectivity index (χ1v) is 10.1. The minimum absolute atomic E-state index is 0.00202. The summed E-state index contributed by atoms with van der Waals surface area (Å²) in [5.41, 5.74) is 1.41. The van der Waals surface area contributed by atoms with E-state index in [-0.39, 0.29) is 24.0 Å². The molecule has 1 aromatic carbocycles. The number of ketones is 1. The zero-order chi connectivity index (χ0) is 21.7. The molecule has 2 aliphatic heterocycles. The predicted molar refractivity (Wildman–Crippen MR) is 110 cm³/mol. The van der Waals surface area contributed by atoms with Gasteiger partial charge in [0.1, 0.15) is 40.9 Å². The molecule has 0 radical (unpaired) electrons. The summed E-state index contributed by atoms with van der Waals surface area (Å²) in [4.78, 5) is 27.3. The van der Waals surface area contributed by atoms with E-state index in [9.17, 15) is 14.7 Å². The van der Waals surface area contributed by atoms with Gasteiger partial charge in [-0.25, -0.2) is 0 Å². The first-order chi connectivity index (χ1) is 14.9. The van der Waals surface area contributed by atoms with Crippen molar-refractivity contribution in [1.29, 1.82) is 0 Å². The molecule has 4 heterocycles. The molecule has 0 saturated carbocycles. The van der Waals surface area contributed by atoms with Crippen LogP contribution in [0.3, 0.4) is 0 Å². The Hall–Kier alpha value is -3.74. The topological polar surface area (TPSA) is 93.1 Å². The third-order valence-electron chi connectivity index (χ3n) is 5.65. The lowest BCUT2D eigenvalue weighted by Crippen LogP contribution is -2.28. The number of rotatable bonds is 4. The number of nitrogens with zero attached hydrogens (tertiary/aromatic N) is 1. The Morgan fingerprint density at radius 3 is 2.74 bits per heavy atom. The molecule has 158 valence electrons. The molecule has 5 rings (SSSR count). The second kappa shape index (κ2) is 7.19. The minimum atomic E-state index is -0.859. The van der Waals surface area contributed by atoms with Gasteiger partial charge in [-0.2, -0.15) is 0 Å². The van der Waals surface area contributed by atoms with Crippen molar-refractivity contribution in [1.82, 2.24) is 4.90 Å². The highest BCUT2D eigenvalue weighted by Gasteiger charge is 2.48. The van der Waals surface area contributed by atoms with Gasteiger partial charge >= 0.3 is 0 Å². The zero-order valence-corrected chi connectivity index (χ0v) is 17.1. The van der Waals surface area contributed by atoms with Crippen molar-refractivity contribution < 1.29 is 28.3 Å². The molecule has 1 amide bonds. The van der Waals surface area contributed by atoms with E-state index in [0.29, 0.717) is 29.3 Å². The van der Waals surface area contributed by atoms with Gasteiger partial charge in [0.05, 0.1) is 18.4 Å². The van der Waals surface area contributed by atoms with Crippen LogP contribution in [0.4, 0.5) is 0 Å². The van der Waals surface area contributed by atoms with Crippen LogP contribution in [0.25, 0.3) is 5.76 Å². The number of fused-ring (bicyclic) bond motifs is 1. The molecule has 0 spiro atoms. The SMILES string of the molecule is Cc1ccc([C@@H]2C(=C(O)c3ccc4c(c3)C[C@@H](C)O4)C(=O)C(=O)N2Cc2ccco2)o1. The highest BCUT2D eigenvalue weighted by molar-refractivity contribution is 6.46. The lowest BCUT2D eigenvalue weighted by atomic mass is 9.97. The van der Waals surface area contributed by atoms with Crippen molar-refractivity contribution in [2.45, 2.75) is 39.0 Å². The predicted octanol–water partition coefficient (Wildman–Crippen LogP) is 4.13. The number of likely N-dealkylation sites (tertiary alicyclic amines) is 1. The Labute approximate surface area is 178 Å². The maximum Gasteiger partial charge on any atom is 0.296 e. The fraction of sp³-hybridized carbons (Fsp3) is 0.250. The number of carbonyl (C=O) groups excluding carboxylic acids is 2. The molecule has 1 N–H and O–H groups in total. The number of ether oxygens (including phenoxy) is 1. The van der Waals surface area contributed by atoms with Crippen molar-refractivity contribution in [2.24, 2.45) is 0 Å². The van der Waals surface area contributed by atoms with Crippen LogP contribution in [0.15, 0.2) is 63.1 Å². The van der Waals surface area contributed by atoms with Crippen LogP contribution in [-0.2, 0) is 22.6 Å². The van der Waals surface area contributed by atoms with Crippen LogP contribution >= 0.6 is 0 Å². The number of aliphatic hydroxyl groups excluding tert-OH is 1. The standard InChI is InChI=1S/C24H21NO6/c1-13-5-7-19(30-13)21-20(23(27)24(28)25(21)12-17-4-3-9-29-17)22(26)15-6-8-18-16(11-15)10-14(2)31-18/h3-9,11,14,21,26H,10,12H2,1-2H3/t14-,21-/m1/s1. The molecular weight excluding hydrogens is 398 g/mol. The maximum atomic E-state index is 13.0. The summed E-state index contributed by atoms with van der Waals surface area (Å²) in [6, 6.07) is 11.3. The van der Waals surface area contributed by atoms with Gasteiger partial charge in [-0.15, -0.1) is 0 Å². The molecule has 2 atom stereocenters. The van der Waals surface area contributed by atoms with Gasteiger partial charge in [-0.3, -0.25) is 9.59 Å². The van der Waals surface area contributed by atoms with Crippen LogP contribution in [0.1, 0.15) is 41.4 Å². The molecule has 0 aliphatic carbocycles. The lowest BCUT2D eigenvalue weighted by molar-refractivity contribution is -0.140. The Morgan fingerprint density at radius 2 is 2.03 bits per heavy atom.